The van der Waals surface area contributed by atoms with E-state index >= 15 is 0 Å². The van der Waals surface area contributed by atoms with Crippen LogP contribution in [-0.4, -0.2) is 52.2 Å². The van der Waals surface area contributed by atoms with Crippen molar-refractivity contribution in [2.24, 2.45) is 21.3 Å². The number of nitrogens with zero attached hydrogens (tertiary/aromatic N) is 3. The van der Waals surface area contributed by atoms with Gasteiger partial charge in [0, 0.05) is 36.8 Å². The summed E-state index contributed by atoms with van der Waals surface area (Å²) in [4.78, 5) is 24.4. The lowest BCUT2D eigenvalue weighted by Gasteiger charge is -2.59. The van der Waals surface area contributed by atoms with Gasteiger partial charge in [-0.15, -0.1) is 0 Å². The molecular formula is C35H42N3O5-. The number of carbonyl (C=O) groups excluding carboxylic acids is 1. The van der Waals surface area contributed by atoms with Gasteiger partial charge in [0.1, 0.15) is 35.8 Å². The molecule has 0 bridgehead atoms. The molecule has 43 heavy (non-hydrogen) atoms. The number of hydroxylamine groups is 2. The highest BCUT2D eigenvalue weighted by atomic mass is 16.6. The van der Waals surface area contributed by atoms with Crippen molar-refractivity contribution in [3.05, 3.63) is 76.0 Å². The second kappa shape index (κ2) is 9.89. The molecule has 228 valence electrons. The molecule has 0 radical (unpaired) electrons. The number of esters is 1. The first-order valence-electron chi connectivity index (χ1n) is 15.7. The van der Waals surface area contributed by atoms with Crippen LogP contribution in [0.3, 0.4) is 0 Å². The summed E-state index contributed by atoms with van der Waals surface area (Å²) in [5.41, 5.74) is 2.56. The van der Waals surface area contributed by atoms with E-state index in [1.54, 1.807) is 0 Å². The van der Waals surface area contributed by atoms with E-state index in [9.17, 15) is 10.0 Å². The van der Waals surface area contributed by atoms with Gasteiger partial charge < -0.3 is 24.5 Å². The predicted octanol–water partition coefficient (Wildman–Crippen LogP) is 6.27. The topological polar surface area (TPSA) is 95.8 Å². The maximum Gasteiger partial charge on any atom is 0.307 e. The number of hydrogen-bond donors (Lipinski definition) is 0. The van der Waals surface area contributed by atoms with Gasteiger partial charge in [-0.2, -0.15) is 0 Å². The van der Waals surface area contributed by atoms with Crippen LogP contribution in [0.1, 0.15) is 95.1 Å². The minimum absolute atomic E-state index is 0.00293. The maximum absolute atomic E-state index is 14.0. The van der Waals surface area contributed by atoms with E-state index in [1.165, 1.54) is 22.3 Å². The highest BCUT2D eigenvalue weighted by Crippen LogP contribution is 2.51. The summed E-state index contributed by atoms with van der Waals surface area (Å²) in [6, 6.07) is 16.5. The molecule has 1 saturated heterocycles. The second-order valence-electron chi connectivity index (χ2n) is 14.6. The van der Waals surface area contributed by atoms with Gasteiger partial charge in [-0.3, -0.25) is 4.79 Å². The minimum Gasteiger partial charge on any atom is -0.784 e. The molecule has 4 atom stereocenters. The lowest BCUT2D eigenvalue weighted by molar-refractivity contribution is -0.159. The summed E-state index contributed by atoms with van der Waals surface area (Å²) in [7, 11) is 0. The molecule has 5 aliphatic rings. The van der Waals surface area contributed by atoms with Crippen molar-refractivity contribution in [3.8, 4) is 0 Å². The summed E-state index contributed by atoms with van der Waals surface area (Å²) < 4.78 is 19.6. The fourth-order valence-corrected chi connectivity index (χ4v) is 8.28. The van der Waals surface area contributed by atoms with E-state index in [4.69, 9.17) is 24.2 Å². The third kappa shape index (κ3) is 4.51. The molecule has 2 aromatic rings. The number of hydrogen-bond acceptors (Lipinski definition) is 8. The molecule has 3 aliphatic heterocycles. The highest BCUT2D eigenvalue weighted by Gasteiger charge is 2.58. The number of rotatable bonds is 6. The van der Waals surface area contributed by atoms with Crippen molar-refractivity contribution in [3.63, 3.8) is 0 Å². The lowest BCUT2D eigenvalue weighted by atomic mass is 9.73. The van der Waals surface area contributed by atoms with Gasteiger partial charge >= 0.3 is 5.97 Å². The molecule has 1 fully saturated rings. The van der Waals surface area contributed by atoms with Gasteiger partial charge in [0.25, 0.3) is 0 Å². The van der Waals surface area contributed by atoms with Gasteiger partial charge in [-0.05, 0) is 55.9 Å². The molecular weight excluding hydrogens is 542 g/mol. The number of ether oxygens (including phenoxy) is 3. The number of piperidine rings is 1. The van der Waals surface area contributed by atoms with Gasteiger partial charge in [-0.25, -0.2) is 9.98 Å². The monoisotopic (exact) mass is 584 g/mol. The third-order valence-corrected chi connectivity index (χ3v) is 10.4. The molecule has 2 aliphatic carbocycles. The zero-order valence-electron chi connectivity index (χ0n) is 26.0. The maximum atomic E-state index is 14.0. The average molecular weight is 585 g/mol. The van der Waals surface area contributed by atoms with Crippen molar-refractivity contribution in [2.75, 3.05) is 0 Å². The fraction of sp³-hybridized carbons (Fsp3) is 0.571. The number of benzene rings is 2. The van der Waals surface area contributed by atoms with E-state index in [1.807, 2.05) is 39.8 Å². The molecule has 0 N–H and O–H groups in total. The summed E-state index contributed by atoms with van der Waals surface area (Å²) in [6.07, 6.45) is 1.88. The average Bonchev–Trinajstić information content (AvgIpc) is 3.69. The van der Waals surface area contributed by atoms with E-state index < -0.39 is 16.5 Å². The molecule has 3 heterocycles. The van der Waals surface area contributed by atoms with Crippen LogP contribution in [-0.2, 0) is 31.8 Å². The van der Waals surface area contributed by atoms with Crippen molar-refractivity contribution >= 4 is 17.8 Å². The molecule has 2 aromatic carbocycles. The highest BCUT2D eigenvalue weighted by molar-refractivity contribution is 6.09. The molecule has 8 nitrogen and oxygen atoms in total. The summed E-state index contributed by atoms with van der Waals surface area (Å²) in [5.74, 6) is 0.575. The third-order valence-electron chi connectivity index (χ3n) is 10.4. The van der Waals surface area contributed by atoms with E-state index in [-0.39, 0.29) is 48.7 Å². The van der Waals surface area contributed by atoms with Crippen LogP contribution < -0.4 is 0 Å². The largest absolute Gasteiger partial charge is 0.784 e. The Balaban J connectivity index is 1.24. The summed E-state index contributed by atoms with van der Waals surface area (Å²) in [6.45, 7) is 11.8. The molecule has 0 saturated carbocycles. The predicted molar refractivity (Wildman–Crippen MR) is 165 cm³/mol. The Labute approximate surface area is 254 Å². The van der Waals surface area contributed by atoms with Gasteiger partial charge in [-0.1, -0.05) is 62.4 Å². The Morgan fingerprint density at radius 1 is 0.907 bits per heavy atom. The van der Waals surface area contributed by atoms with Crippen LogP contribution in [0.15, 0.2) is 58.5 Å². The van der Waals surface area contributed by atoms with E-state index in [0.717, 1.165) is 17.9 Å². The first kappa shape index (κ1) is 28.5. The quantitative estimate of drug-likeness (QED) is 0.372. The minimum atomic E-state index is -1.01. The molecule has 0 unspecified atom stereocenters. The SMILES string of the molecule is CC(C)C(CC(=O)OC1CC(C)(C)N([O-])C(C)(C)C1)(C1=N[C@H]2c3ccccc3C[C@H]2O1)C1=N[C@H]2c3ccccc3C[C@H]2O1. The van der Waals surface area contributed by atoms with Crippen LogP contribution in [0, 0.1) is 16.5 Å². The smallest absolute Gasteiger partial charge is 0.307 e. The summed E-state index contributed by atoms with van der Waals surface area (Å²) in [5, 5.41) is 14.1. The van der Waals surface area contributed by atoms with Crippen molar-refractivity contribution in [1.29, 1.82) is 0 Å². The van der Waals surface area contributed by atoms with Crippen molar-refractivity contribution in [2.45, 2.75) is 115 Å². The zero-order chi connectivity index (χ0) is 30.3. The zero-order valence-corrected chi connectivity index (χ0v) is 26.0. The van der Waals surface area contributed by atoms with E-state index in [2.05, 4.69) is 50.2 Å². The van der Waals surface area contributed by atoms with Crippen LogP contribution in [0.25, 0.3) is 0 Å². The Kier molecular flexibility index (Phi) is 6.57. The number of aliphatic imine (C=N–C) groups is 2. The standard InChI is InChI=1S/C35H42N3O5/c1-20(2)35(31-36-29-24-13-9-7-11-21(24)15-26(29)42-31,32-37-30-25-14-10-8-12-22(25)16-27(30)43-32)19-28(39)41-23-17-33(3,4)38(40)34(5,6)18-23/h7-14,20,23,26-27,29-30H,15-19H2,1-6H3/q-1/t26-,27-,29+,30+/m1/s1. The second-order valence-corrected chi connectivity index (χ2v) is 14.6. The number of carbonyl (C=O) groups is 1. The molecule has 0 aromatic heterocycles. The van der Waals surface area contributed by atoms with Gasteiger partial charge in [0.15, 0.2) is 0 Å². The molecule has 0 amide bonds. The first-order valence-corrected chi connectivity index (χ1v) is 15.7. The normalized spacial score (nSPS) is 28.7. The van der Waals surface area contributed by atoms with Crippen molar-refractivity contribution in [1.82, 2.24) is 5.06 Å². The van der Waals surface area contributed by atoms with Crippen LogP contribution in [0.5, 0.6) is 0 Å². The van der Waals surface area contributed by atoms with Crippen molar-refractivity contribution < 1.29 is 19.0 Å². The number of fused-ring (bicyclic) bond motifs is 6. The molecule has 8 heteroatoms. The Morgan fingerprint density at radius 3 is 1.84 bits per heavy atom. The molecule has 0 spiro atoms. The first-order chi connectivity index (χ1) is 20.4. The van der Waals surface area contributed by atoms with Gasteiger partial charge in [0.2, 0.25) is 11.8 Å². The fourth-order valence-electron chi connectivity index (χ4n) is 8.28. The Hall–Kier alpha value is -3.23. The van der Waals surface area contributed by atoms with E-state index in [0.29, 0.717) is 24.6 Å². The van der Waals surface area contributed by atoms with Crippen LogP contribution in [0.2, 0.25) is 0 Å². The Morgan fingerprint density at radius 2 is 1.37 bits per heavy atom. The van der Waals surface area contributed by atoms with Crippen LogP contribution in [0.4, 0.5) is 0 Å². The van der Waals surface area contributed by atoms with Gasteiger partial charge in [0.05, 0.1) is 6.42 Å². The van der Waals surface area contributed by atoms with Crippen LogP contribution >= 0.6 is 0 Å². The lowest BCUT2D eigenvalue weighted by Crippen LogP contribution is -2.59. The molecule has 7 rings (SSSR count). The Bertz CT molecular complexity index is 1410. The summed E-state index contributed by atoms with van der Waals surface area (Å²) >= 11 is 0.